The molecule has 32 heavy (non-hydrogen) atoms. The second-order valence-electron chi connectivity index (χ2n) is 8.07. The first-order valence-electron chi connectivity index (χ1n) is 10.5. The summed E-state index contributed by atoms with van der Waals surface area (Å²) >= 11 is 0. The molecule has 0 bridgehead atoms. The average Bonchev–Trinajstić information content (AvgIpc) is 3.41. The normalized spacial score (nSPS) is 22.7. The molecule has 3 aromatic rings. The number of hydrogen-bond acceptors (Lipinski definition) is 5. The van der Waals surface area contributed by atoms with E-state index in [1.165, 1.54) is 6.08 Å². The number of allylic oxidation sites excluding steroid dienone is 2. The smallest absolute Gasteiger partial charge is 0.245 e. The van der Waals surface area contributed by atoms with Crippen molar-refractivity contribution in [1.29, 1.82) is 0 Å². The molecule has 1 aliphatic carbocycles. The van der Waals surface area contributed by atoms with Crippen molar-refractivity contribution >= 4 is 5.91 Å². The summed E-state index contributed by atoms with van der Waals surface area (Å²) in [5, 5.41) is 11.3. The van der Waals surface area contributed by atoms with Crippen molar-refractivity contribution in [2.45, 2.75) is 31.8 Å². The molecule has 3 atom stereocenters. The molecule has 8 nitrogen and oxygen atoms in total. The van der Waals surface area contributed by atoms with Crippen LogP contribution in [0.4, 0.5) is 4.39 Å². The maximum atomic E-state index is 14.2. The average molecular weight is 434 g/mol. The van der Waals surface area contributed by atoms with E-state index in [-0.39, 0.29) is 17.7 Å². The SMILES string of the molecule is COc1cc(-c2cn(C3CCC4C=CC=C(F)C4NC3=O)nn2)ccc1-n1cnc(C)c1. The number of fused-ring (bicyclic) bond motifs is 1. The van der Waals surface area contributed by atoms with Gasteiger partial charge in [-0.2, -0.15) is 0 Å². The predicted molar refractivity (Wildman–Crippen MR) is 116 cm³/mol. The van der Waals surface area contributed by atoms with Gasteiger partial charge in [-0.3, -0.25) is 4.79 Å². The maximum absolute atomic E-state index is 14.2. The van der Waals surface area contributed by atoms with Crippen molar-refractivity contribution < 1.29 is 13.9 Å². The molecule has 3 unspecified atom stereocenters. The molecule has 0 radical (unpaired) electrons. The van der Waals surface area contributed by atoms with E-state index in [2.05, 4.69) is 20.6 Å². The van der Waals surface area contributed by atoms with Crippen molar-refractivity contribution in [3.63, 3.8) is 0 Å². The molecule has 1 fully saturated rings. The lowest BCUT2D eigenvalue weighted by Gasteiger charge is -2.23. The number of carbonyl (C=O) groups is 1. The van der Waals surface area contributed by atoms with E-state index in [4.69, 9.17) is 4.74 Å². The molecule has 0 spiro atoms. The summed E-state index contributed by atoms with van der Waals surface area (Å²) in [6.07, 6.45) is 11.7. The van der Waals surface area contributed by atoms with Crippen LogP contribution in [0.1, 0.15) is 24.6 Å². The lowest BCUT2D eigenvalue weighted by Crippen LogP contribution is -2.41. The molecule has 164 valence electrons. The fourth-order valence-electron chi connectivity index (χ4n) is 4.30. The molecule has 1 aromatic carbocycles. The second-order valence-corrected chi connectivity index (χ2v) is 8.07. The number of nitrogens with zero attached hydrogens (tertiary/aromatic N) is 5. The zero-order valence-corrected chi connectivity index (χ0v) is 17.8. The van der Waals surface area contributed by atoms with Gasteiger partial charge in [-0.1, -0.05) is 23.4 Å². The van der Waals surface area contributed by atoms with E-state index in [0.29, 0.717) is 24.3 Å². The summed E-state index contributed by atoms with van der Waals surface area (Å²) in [4.78, 5) is 17.1. The van der Waals surface area contributed by atoms with Crippen LogP contribution >= 0.6 is 0 Å². The highest BCUT2D eigenvalue weighted by molar-refractivity contribution is 5.81. The van der Waals surface area contributed by atoms with Gasteiger partial charge in [0.05, 0.1) is 37.1 Å². The van der Waals surface area contributed by atoms with Gasteiger partial charge in [0.25, 0.3) is 0 Å². The zero-order valence-electron chi connectivity index (χ0n) is 17.8. The van der Waals surface area contributed by atoms with Crippen molar-refractivity contribution in [1.82, 2.24) is 29.9 Å². The summed E-state index contributed by atoms with van der Waals surface area (Å²) in [5.74, 6) is 0.0441. The summed E-state index contributed by atoms with van der Waals surface area (Å²) in [6.45, 7) is 1.93. The van der Waals surface area contributed by atoms with Crippen LogP contribution in [-0.2, 0) is 4.79 Å². The highest BCUT2D eigenvalue weighted by Gasteiger charge is 2.35. The van der Waals surface area contributed by atoms with E-state index in [0.717, 1.165) is 16.9 Å². The van der Waals surface area contributed by atoms with Crippen molar-refractivity contribution in [3.05, 3.63) is 66.7 Å². The topological polar surface area (TPSA) is 86.9 Å². The third kappa shape index (κ3) is 3.59. The Labute approximate surface area is 184 Å². The number of imidazole rings is 1. The van der Waals surface area contributed by atoms with Crippen molar-refractivity contribution in [2.24, 2.45) is 5.92 Å². The minimum atomic E-state index is -0.607. The standard InChI is InChI=1S/C23H23FN6O2/c1-14-11-29(13-25-14)19-8-7-16(10-21(19)32-2)18-12-30(28-27-18)20-9-6-15-4-3-5-17(24)22(15)26-23(20)31/h3-5,7-8,10-13,15,20,22H,6,9H2,1-2H3,(H,26,31). The molecule has 5 rings (SSSR count). The van der Waals surface area contributed by atoms with Crippen LogP contribution in [0.15, 0.2) is 61.0 Å². The Balaban J connectivity index is 1.40. The third-order valence-electron chi connectivity index (χ3n) is 6.01. The number of methoxy groups -OCH3 is 1. The molecule has 9 heteroatoms. The highest BCUT2D eigenvalue weighted by atomic mass is 19.1. The summed E-state index contributed by atoms with van der Waals surface area (Å²) in [7, 11) is 1.61. The van der Waals surface area contributed by atoms with E-state index in [9.17, 15) is 9.18 Å². The maximum Gasteiger partial charge on any atom is 0.245 e. The monoisotopic (exact) mass is 434 g/mol. The van der Waals surface area contributed by atoms with E-state index in [1.54, 1.807) is 30.4 Å². The molecule has 2 aromatic heterocycles. The molecule has 3 heterocycles. The molecular weight excluding hydrogens is 411 g/mol. The third-order valence-corrected chi connectivity index (χ3v) is 6.01. The number of nitrogens with one attached hydrogen (secondary N) is 1. The van der Waals surface area contributed by atoms with Crippen LogP contribution in [0.2, 0.25) is 0 Å². The first-order valence-corrected chi connectivity index (χ1v) is 10.5. The Bertz CT molecular complexity index is 1230. The Hall–Kier alpha value is -3.75. The molecule has 2 aliphatic rings. The Morgan fingerprint density at radius 2 is 2.12 bits per heavy atom. The Kier molecular flexibility index (Phi) is 5.08. The number of carbonyl (C=O) groups excluding carboxylic acids is 1. The van der Waals surface area contributed by atoms with E-state index < -0.39 is 12.1 Å². The van der Waals surface area contributed by atoms with Crippen molar-refractivity contribution in [3.8, 4) is 22.7 Å². The number of aromatic nitrogens is 5. The molecule has 1 saturated heterocycles. The number of aryl methyl sites for hydroxylation is 1. The fraction of sp³-hybridized carbons (Fsp3) is 0.304. The predicted octanol–water partition coefficient (Wildman–Crippen LogP) is 3.31. The van der Waals surface area contributed by atoms with Gasteiger partial charge >= 0.3 is 0 Å². The van der Waals surface area contributed by atoms with Gasteiger partial charge in [0.15, 0.2) is 0 Å². The highest BCUT2D eigenvalue weighted by Crippen LogP contribution is 2.32. The molecular formula is C23H23FN6O2. The number of benzene rings is 1. The fourth-order valence-corrected chi connectivity index (χ4v) is 4.30. The summed E-state index contributed by atoms with van der Waals surface area (Å²) in [5.41, 5.74) is 3.20. The van der Waals surface area contributed by atoms with Crippen LogP contribution in [-0.4, -0.2) is 43.6 Å². The van der Waals surface area contributed by atoms with Crippen LogP contribution in [0.25, 0.3) is 16.9 Å². The molecule has 1 aliphatic heterocycles. The molecule has 1 amide bonds. The first kappa shape index (κ1) is 20.2. The van der Waals surface area contributed by atoms with Gasteiger partial charge in [0.1, 0.15) is 23.3 Å². The zero-order chi connectivity index (χ0) is 22.2. The van der Waals surface area contributed by atoms with Crippen LogP contribution in [0.3, 0.4) is 0 Å². The molecule has 0 saturated carbocycles. The van der Waals surface area contributed by atoms with Gasteiger partial charge in [0.2, 0.25) is 5.91 Å². The minimum Gasteiger partial charge on any atom is -0.495 e. The first-order chi connectivity index (χ1) is 15.5. The van der Waals surface area contributed by atoms with Gasteiger partial charge in [-0.25, -0.2) is 14.1 Å². The van der Waals surface area contributed by atoms with Gasteiger partial charge in [0, 0.05) is 17.7 Å². The lowest BCUT2D eigenvalue weighted by molar-refractivity contribution is -0.124. The molecule has 1 N–H and O–H groups in total. The summed E-state index contributed by atoms with van der Waals surface area (Å²) < 4.78 is 23.2. The largest absolute Gasteiger partial charge is 0.495 e. The Morgan fingerprint density at radius 3 is 2.91 bits per heavy atom. The quantitative estimate of drug-likeness (QED) is 0.681. The van der Waals surface area contributed by atoms with Crippen molar-refractivity contribution in [2.75, 3.05) is 7.11 Å². The number of rotatable bonds is 4. The number of hydrogen-bond donors (Lipinski definition) is 1. The number of halogens is 1. The Morgan fingerprint density at radius 1 is 1.25 bits per heavy atom. The van der Waals surface area contributed by atoms with Gasteiger partial charge < -0.3 is 14.6 Å². The number of amides is 1. The number of ether oxygens (including phenoxy) is 1. The minimum absolute atomic E-state index is 0.0550. The van der Waals surface area contributed by atoms with E-state index >= 15 is 0 Å². The van der Waals surface area contributed by atoms with Gasteiger partial charge in [-0.15, -0.1) is 5.10 Å². The van der Waals surface area contributed by atoms with E-state index in [1.807, 2.05) is 42.0 Å². The van der Waals surface area contributed by atoms with Crippen LogP contribution in [0, 0.1) is 12.8 Å². The van der Waals surface area contributed by atoms with Crippen LogP contribution < -0.4 is 10.1 Å². The van der Waals surface area contributed by atoms with Gasteiger partial charge in [-0.05, 0) is 38.0 Å². The summed E-state index contributed by atoms with van der Waals surface area (Å²) in [6, 6.07) is 4.58. The van der Waals surface area contributed by atoms with Crippen LogP contribution in [0.5, 0.6) is 5.75 Å². The second kappa shape index (κ2) is 8.07. The lowest BCUT2D eigenvalue weighted by atomic mass is 9.90.